The summed E-state index contributed by atoms with van der Waals surface area (Å²) in [5.41, 5.74) is 0. The van der Waals surface area contributed by atoms with Gasteiger partial charge in [0.25, 0.3) is 0 Å². The minimum atomic E-state index is -0.599. The predicted octanol–water partition coefficient (Wildman–Crippen LogP) is 1.12. The Morgan fingerprint density at radius 3 is 2.50 bits per heavy atom. The summed E-state index contributed by atoms with van der Waals surface area (Å²) >= 11 is 0. The summed E-state index contributed by atoms with van der Waals surface area (Å²) in [5, 5.41) is 11.8. The van der Waals surface area contributed by atoms with E-state index >= 15 is 0 Å². The SMILES string of the molecule is N#CC(C=O)[SH]1C=CC=C1. The molecule has 0 radical (unpaired) electrons. The Morgan fingerprint density at radius 2 is 2.10 bits per heavy atom. The molecule has 0 N–H and O–H groups in total. The lowest BCUT2D eigenvalue weighted by Crippen LogP contribution is -2.02. The van der Waals surface area contributed by atoms with Crippen molar-refractivity contribution in [3.63, 3.8) is 0 Å². The Labute approximate surface area is 62.2 Å². The Hall–Kier alpha value is -1.01. The van der Waals surface area contributed by atoms with Crippen LogP contribution in [-0.4, -0.2) is 11.5 Å². The number of nitrogens with zero attached hydrogens (tertiary/aromatic N) is 1. The molecule has 10 heavy (non-hydrogen) atoms. The van der Waals surface area contributed by atoms with Gasteiger partial charge in [0.1, 0.15) is 11.5 Å². The molecule has 0 saturated carbocycles. The van der Waals surface area contributed by atoms with Crippen molar-refractivity contribution in [2.24, 2.45) is 0 Å². The lowest BCUT2D eigenvalue weighted by molar-refractivity contribution is -0.106. The van der Waals surface area contributed by atoms with Crippen LogP contribution >= 0.6 is 10.9 Å². The van der Waals surface area contributed by atoms with Crippen molar-refractivity contribution in [1.82, 2.24) is 0 Å². The number of aldehydes is 1. The third-order valence-corrected chi connectivity index (χ3v) is 3.12. The number of thiol groups is 1. The van der Waals surface area contributed by atoms with Crippen molar-refractivity contribution in [3.05, 3.63) is 23.0 Å². The first kappa shape index (κ1) is 7.10. The smallest absolute Gasteiger partial charge is 0.146 e. The van der Waals surface area contributed by atoms with Crippen LogP contribution in [0.3, 0.4) is 0 Å². The Balaban J connectivity index is 2.64. The third kappa shape index (κ3) is 1.28. The molecule has 0 aromatic heterocycles. The minimum absolute atomic E-state index is 0.440. The fourth-order valence-electron chi connectivity index (χ4n) is 0.701. The molecule has 0 aliphatic carbocycles. The van der Waals surface area contributed by atoms with Crippen molar-refractivity contribution >= 4 is 17.2 Å². The molecule has 0 saturated heterocycles. The molecule has 0 fully saturated rings. The largest absolute Gasteiger partial charge is 0.301 e. The molecule has 0 aromatic carbocycles. The molecular formula is C7H7NOS. The monoisotopic (exact) mass is 153 g/mol. The van der Waals surface area contributed by atoms with E-state index in [2.05, 4.69) is 0 Å². The summed E-state index contributed by atoms with van der Waals surface area (Å²) in [6.07, 6.45) is 4.46. The number of allylic oxidation sites excluding steroid dienone is 2. The Bertz CT molecular complexity index is 214. The molecule has 1 aliphatic rings. The van der Waals surface area contributed by atoms with Crippen LogP contribution in [0.4, 0.5) is 0 Å². The van der Waals surface area contributed by atoms with E-state index in [4.69, 9.17) is 5.26 Å². The van der Waals surface area contributed by atoms with Gasteiger partial charge in [0.05, 0.1) is 6.07 Å². The number of nitriles is 1. The summed E-state index contributed by atoms with van der Waals surface area (Å²) in [7, 11) is -0.599. The van der Waals surface area contributed by atoms with Gasteiger partial charge in [-0.15, -0.1) is 0 Å². The van der Waals surface area contributed by atoms with E-state index in [1.165, 1.54) is 0 Å². The summed E-state index contributed by atoms with van der Waals surface area (Å²) < 4.78 is 0. The summed E-state index contributed by atoms with van der Waals surface area (Å²) in [5.74, 6) is 0. The molecule has 1 heterocycles. The highest BCUT2D eigenvalue weighted by atomic mass is 32.2. The normalized spacial score (nSPS) is 20.5. The van der Waals surface area contributed by atoms with Crippen LogP contribution in [0.1, 0.15) is 0 Å². The van der Waals surface area contributed by atoms with Gasteiger partial charge < -0.3 is 4.79 Å². The van der Waals surface area contributed by atoms with E-state index in [0.717, 1.165) is 0 Å². The maximum Gasteiger partial charge on any atom is 0.146 e. The molecule has 2 nitrogen and oxygen atoms in total. The number of hydrogen-bond acceptors (Lipinski definition) is 2. The topological polar surface area (TPSA) is 40.9 Å². The number of carbonyl (C=O) groups excluding carboxylic acids is 1. The Morgan fingerprint density at radius 1 is 1.50 bits per heavy atom. The first-order chi connectivity index (χ1) is 4.88. The van der Waals surface area contributed by atoms with Gasteiger partial charge in [0.2, 0.25) is 0 Å². The van der Waals surface area contributed by atoms with E-state index in [9.17, 15) is 4.79 Å². The zero-order valence-corrected chi connectivity index (χ0v) is 6.16. The fraction of sp³-hybridized carbons (Fsp3) is 0.143. The lowest BCUT2D eigenvalue weighted by Gasteiger charge is -2.08. The third-order valence-electron chi connectivity index (χ3n) is 1.21. The van der Waals surface area contributed by atoms with Crippen molar-refractivity contribution < 1.29 is 4.79 Å². The first-order valence-electron chi connectivity index (χ1n) is 2.86. The molecule has 0 aromatic rings. The van der Waals surface area contributed by atoms with E-state index in [1.807, 2.05) is 29.0 Å². The molecule has 1 aliphatic heterocycles. The minimum Gasteiger partial charge on any atom is -0.301 e. The fourth-order valence-corrected chi connectivity index (χ4v) is 2.04. The van der Waals surface area contributed by atoms with Gasteiger partial charge in [-0.05, 0) is 10.8 Å². The van der Waals surface area contributed by atoms with E-state index in [1.54, 1.807) is 0 Å². The predicted molar refractivity (Wildman–Crippen MR) is 42.7 cm³/mol. The van der Waals surface area contributed by atoms with Gasteiger partial charge in [-0.2, -0.15) is 16.2 Å². The average molecular weight is 153 g/mol. The highest BCUT2D eigenvalue weighted by Gasteiger charge is 2.12. The van der Waals surface area contributed by atoms with Crippen LogP contribution in [0.15, 0.2) is 23.0 Å². The van der Waals surface area contributed by atoms with Gasteiger partial charge in [0.15, 0.2) is 0 Å². The summed E-state index contributed by atoms with van der Waals surface area (Å²) in [6, 6.07) is 1.95. The van der Waals surface area contributed by atoms with Gasteiger partial charge >= 0.3 is 0 Å². The molecule has 3 heteroatoms. The zero-order valence-electron chi connectivity index (χ0n) is 5.27. The highest BCUT2D eigenvalue weighted by molar-refractivity contribution is 8.23. The quantitative estimate of drug-likeness (QED) is 0.477. The van der Waals surface area contributed by atoms with Crippen LogP contribution in [0, 0.1) is 11.3 Å². The molecule has 0 spiro atoms. The van der Waals surface area contributed by atoms with Crippen LogP contribution in [0.2, 0.25) is 0 Å². The average Bonchev–Trinajstić information content (AvgIpc) is 2.43. The van der Waals surface area contributed by atoms with E-state index in [-0.39, 0.29) is 0 Å². The molecule has 0 amide bonds. The maximum atomic E-state index is 10.2. The second-order valence-electron chi connectivity index (χ2n) is 1.84. The molecule has 52 valence electrons. The van der Waals surface area contributed by atoms with Crippen LogP contribution in [0.25, 0.3) is 0 Å². The van der Waals surface area contributed by atoms with Crippen molar-refractivity contribution in [2.75, 3.05) is 0 Å². The second-order valence-corrected chi connectivity index (χ2v) is 3.89. The lowest BCUT2D eigenvalue weighted by atomic mass is 10.5. The second kappa shape index (κ2) is 3.23. The van der Waals surface area contributed by atoms with Gasteiger partial charge in [-0.25, -0.2) is 0 Å². The van der Waals surface area contributed by atoms with Crippen LogP contribution in [0.5, 0.6) is 0 Å². The number of carbonyl (C=O) groups is 1. The van der Waals surface area contributed by atoms with E-state index < -0.39 is 16.1 Å². The van der Waals surface area contributed by atoms with Crippen LogP contribution < -0.4 is 0 Å². The number of rotatable bonds is 2. The van der Waals surface area contributed by atoms with Gasteiger partial charge in [-0.3, -0.25) is 0 Å². The van der Waals surface area contributed by atoms with Gasteiger partial charge in [-0.1, -0.05) is 12.2 Å². The molecule has 1 atom stereocenters. The van der Waals surface area contributed by atoms with Gasteiger partial charge in [0, 0.05) is 0 Å². The van der Waals surface area contributed by atoms with Crippen molar-refractivity contribution in [3.8, 4) is 6.07 Å². The summed E-state index contributed by atoms with van der Waals surface area (Å²) in [4.78, 5) is 10.2. The molecule has 1 unspecified atom stereocenters. The Kier molecular flexibility index (Phi) is 2.30. The first-order valence-corrected chi connectivity index (χ1v) is 4.41. The number of hydrogen-bond donors (Lipinski definition) is 1. The van der Waals surface area contributed by atoms with E-state index in [0.29, 0.717) is 6.29 Å². The molecular weight excluding hydrogens is 146 g/mol. The molecule has 0 bridgehead atoms. The van der Waals surface area contributed by atoms with Crippen molar-refractivity contribution in [2.45, 2.75) is 5.25 Å². The van der Waals surface area contributed by atoms with Crippen molar-refractivity contribution in [1.29, 1.82) is 5.26 Å². The standard InChI is InChI=1S/C7H7NOS/c8-5-7(6-9)10-3-1-2-4-10/h1-4,6-7,10H. The highest BCUT2D eigenvalue weighted by Crippen LogP contribution is 2.36. The van der Waals surface area contributed by atoms with Crippen LogP contribution in [-0.2, 0) is 4.79 Å². The molecule has 1 rings (SSSR count). The zero-order chi connectivity index (χ0) is 7.40. The summed E-state index contributed by atoms with van der Waals surface area (Å²) in [6.45, 7) is 0. The maximum absolute atomic E-state index is 10.2.